The van der Waals surface area contributed by atoms with Gasteiger partial charge in [0.25, 0.3) is 11.8 Å². The molecule has 57 heavy (non-hydrogen) atoms. The first kappa shape index (κ1) is 40.7. The van der Waals surface area contributed by atoms with Crippen LogP contribution in [0.2, 0.25) is 0 Å². The normalized spacial score (nSPS) is 13.4. The summed E-state index contributed by atoms with van der Waals surface area (Å²) in [6.45, 7) is 3.46. The number of ether oxygens (including phenoxy) is 5. The number of rotatable bonds is 21. The largest absolute Gasteiger partial charge is 0.449 e. The standard InChI is InChI=1S/C41H43N3O13/c45-36(24-28-25-39(48)56-35-23-27(9-10-29(28)35)40(49)57-44-37(46)11-12-38(44)47)42-13-15-51-17-19-53-21-22-54-20-18-52-16-14-43-41(50)55-26-34-32-7-3-1-5-30(32)31-6-2-4-8-33(31)34/h1-10,23,25,34H,11-22,24,26H2,(H,42,45)(H,43,50). The predicted octanol–water partition coefficient (Wildman–Crippen LogP) is 3.28. The number of hydrogen-bond acceptors (Lipinski definition) is 13. The summed E-state index contributed by atoms with van der Waals surface area (Å²) in [6, 6.07) is 21.7. The zero-order valence-electron chi connectivity index (χ0n) is 31.2. The Balaban J connectivity index is 0.751. The van der Waals surface area contributed by atoms with Crippen molar-refractivity contribution in [2.24, 2.45) is 0 Å². The molecular weight excluding hydrogens is 742 g/mol. The highest BCUT2D eigenvalue weighted by atomic mass is 16.7. The van der Waals surface area contributed by atoms with Gasteiger partial charge in [-0.2, -0.15) is 0 Å². The minimum Gasteiger partial charge on any atom is -0.449 e. The third-order valence-corrected chi connectivity index (χ3v) is 9.14. The number of imide groups is 1. The SMILES string of the molecule is O=C(Cc1cc(=O)oc2cc(C(=O)ON3C(=O)CCC3=O)ccc12)NCCOCCOCCOCCOCCNC(=O)OCC1c2ccccc2-c2ccccc21. The van der Waals surface area contributed by atoms with Gasteiger partial charge in [0.15, 0.2) is 0 Å². The number of carbonyl (C=O) groups excluding carboxylic acids is 5. The number of hydroxylamine groups is 2. The van der Waals surface area contributed by atoms with Crippen molar-refractivity contribution < 1.29 is 56.9 Å². The summed E-state index contributed by atoms with van der Waals surface area (Å²) in [5, 5.41) is 6.30. The molecule has 0 spiro atoms. The maximum atomic E-state index is 12.6. The average molecular weight is 786 g/mol. The maximum Gasteiger partial charge on any atom is 0.407 e. The van der Waals surface area contributed by atoms with Gasteiger partial charge in [0.05, 0.1) is 64.8 Å². The van der Waals surface area contributed by atoms with Crippen LogP contribution in [0.4, 0.5) is 4.79 Å². The van der Waals surface area contributed by atoms with Gasteiger partial charge in [-0.25, -0.2) is 14.4 Å². The number of nitrogens with one attached hydrogen (secondary N) is 2. The topological polar surface area (TPSA) is 198 Å². The van der Waals surface area contributed by atoms with E-state index in [1.54, 1.807) is 0 Å². The molecule has 1 fully saturated rings. The summed E-state index contributed by atoms with van der Waals surface area (Å²) in [7, 11) is 0. The van der Waals surface area contributed by atoms with Crippen LogP contribution in [0.1, 0.15) is 45.8 Å². The smallest absolute Gasteiger partial charge is 0.407 e. The molecule has 1 aromatic heterocycles. The Hall–Kier alpha value is -5.94. The zero-order valence-corrected chi connectivity index (χ0v) is 31.2. The van der Waals surface area contributed by atoms with Gasteiger partial charge >= 0.3 is 17.7 Å². The Labute approximate surface area is 327 Å². The molecule has 0 bridgehead atoms. The van der Waals surface area contributed by atoms with E-state index in [1.807, 2.05) is 24.3 Å². The zero-order chi connectivity index (χ0) is 40.0. The van der Waals surface area contributed by atoms with Gasteiger partial charge in [-0.3, -0.25) is 14.4 Å². The molecule has 16 nitrogen and oxygen atoms in total. The van der Waals surface area contributed by atoms with E-state index in [0.717, 1.165) is 11.1 Å². The highest BCUT2D eigenvalue weighted by molar-refractivity contribution is 6.03. The predicted molar refractivity (Wildman–Crippen MR) is 202 cm³/mol. The van der Waals surface area contributed by atoms with Crippen molar-refractivity contribution in [3.63, 3.8) is 0 Å². The van der Waals surface area contributed by atoms with E-state index in [2.05, 4.69) is 34.9 Å². The molecule has 3 aromatic carbocycles. The monoisotopic (exact) mass is 785 g/mol. The van der Waals surface area contributed by atoms with Crippen LogP contribution in [0.3, 0.4) is 0 Å². The van der Waals surface area contributed by atoms with E-state index in [9.17, 15) is 28.8 Å². The molecule has 2 N–H and O–H groups in total. The van der Waals surface area contributed by atoms with Crippen LogP contribution in [-0.4, -0.2) is 107 Å². The molecule has 1 aliphatic carbocycles. The van der Waals surface area contributed by atoms with Crippen molar-refractivity contribution >= 4 is 40.8 Å². The van der Waals surface area contributed by atoms with E-state index < -0.39 is 29.5 Å². The second-order valence-electron chi connectivity index (χ2n) is 13.0. The molecule has 1 saturated heterocycles. The Bertz CT molecular complexity index is 2070. The van der Waals surface area contributed by atoms with Crippen LogP contribution < -0.4 is 16.3 Å². The highest BCUT2D eigenvalue weighted by Crippen LogP contribution is 2.44. The number of nitrogens with zero attached hydrogens (tertiary/aromatic N) is 1. The molecule has 2 heterocycles. The average Bonchev–Trinajstić information content (AvgIpc) is 3.70. The van der Waals surface area contributed by atoms with Crippen LogP contribution in [0, 0.1) is 0 Å². The lowest BCUT2D eigenvalue weighted by Crippen LogP contribution is -2.32. The van der Waals surface area contributed by atoms with Gasteiger partial charge in [0.1, 0.15) is 12.2 Å². The van der Waals surface area contributed by atoms with Crippen molar-refractivity contribution in [2.75, 3.05) is 72.6 Å². The van der Waals surface area contributed by atoms with Gasteiger partial charge in [-0.15, -0.1) is 5.06 Å². The second kappa shape index (κ2) is 20.3. The molecule has 2 aliphatic rings. The van der Waals surface area contributed by atoms with Crippen LogP contribution in [0.25, 0.3) is 22.1 Å². The summed E-state index contributed by atoms with van der Waals surface area (Å²) >= 11 is 0. The lowest BCUT2D eigenvalue weighted by molar-refractivity contribution is -0.172. The van der Waals surface area contributed by atoms with Crippen LogP contribution in [-0.2, 0) is 49.3 Å². The molecule has 1 aliphatic heterocycles. The van der Waals surface area contributed by atoms with E-state index in [4.69, 9.17) is 32.9 Å². The van der Waals surface area contributed by atoms with Crippen molar-refractivity contribution in [1.82, 2.24) is 15.7 Å². The number of carbonyl (C=O) groups is 5. The van der Waals surface area contributed by atoms with E-state index >= 15 is 0 Å². The van der Waals surface area contributed by atoms with Crippen molar-refractivity contribution in [3.05, 3.63) is 105 Å². The van der Waals surface area contributed by atoms with Crippen LogP contribution >= 0.6 is 0 Å². The van der Waals surface area contributed by atoms with Crippen molar-refractivity contribution in [2.45, 2.75) is 25.2 Å². The summed E-state index contributed by atoms with van der Waals surface area (Å²) in [5.41, 5.74) is 4.32. The number of hydrogen-bond donors (Lipinski definition) is 2. The lowest BCUT2D eigenvalue weighted by atomic mass is 9.98. The Morgan fingerprint density at radius 3 is 1.86 bits per heavy atom. The summed E-state index contributed by atoms with van der Waals surface area (Å²) in [5.74, 6) is -2.56. The molecular formula is C41H43N3O13. The van der Waals surface area contributed by atoms with Gasteiger partial charge in [0.2, 0.25) is 5.91 Å². The van der Waals surface area contributed by atoms with Crippen molar-refractivity contribution in [1.29, 1.82) is 0 Å². The van der Waals surface area contributed by atoms with Crippen LogP contribution in [0.15, 0.2) is 82.0 Å². The maximum absolute atomic E-state index is 12.6. The summed E-state index contributed by atoms with van der Waals surface area (Å²) < 4.78 is 32.7. The van der Waals surface area contributed by atoms with Gasteiger partial charge in [-0.1, -0.05) is 54.6 Å². The van der Waals surface area contributed by atoms with Crippen LogP contribution in [0.5, 0.6) is 0 Å². The molecule has 0 atom stereocenters. The fourth-order valence-corrected chi connectivity index (χ4v) is 6.43. The third-order valence-electron chi connectivity index (χ3n) is 9.14. The summed E-state index contributed by atoms with van der Waals surface area (Å²) in [4.78, 5) is 78.0. The van der Waals surface area contributed by atoms with Crippen molar-refractivity contribution in [3.8, 4) is 11.1 Å². The molecule has 0 radical (unpaired) electrons. The quantitative estimate of drug-likeness (QED) is 0.0710. The first-order valence-electron chi connectivity index (χ1n) is 18.6. The lowest BCUT2D eigenvalue weighted by Gasteiger charge is -2.14. The van der Waals surface area contributed by atoms with Gasteiger partial charge < -0.3 is 43.6 Å². The Morgan fingerprint density at radius 2 is 1.25 bits per heavy atom. The summed E-state index contributed by atoms with van der Waals surface area (Å²) in [6.07, 6.45) is -0.707. The third kappa shape index (κ3) is 11.1. The van der Waals surface area contributed by atoms with Gasteiger partial charge in [-0.05, 0) is 39.9 Å². The minimum absolute atomic E-state index is 0.00448. The molecule has 300 valence electrons. The first-order chi connectivity index (χ1) is 27.8. The number of alkyl carbamates (subject to hydrolysis) is 1. The fraction of sp³-hybridized carbons (Fsp3) is 0.366. The molecule has 6 rings (SSSR count). The van der Waals surface area contributed by atoms with Gasteiger partial charge in [0, 0.05) is 43.3 Å². The van der Waals surface area contributed by atoms with E-state index in [-0.39, 0.29) is 62.0 Å². The molecule has 16 heteroatoms. The second-order valence-corrected chi connectivity index (χ2v) is 13.0. The first-order valence-corrected chi connectivity index (χ1v) is 18.6. The molecule has 4 aromatic rings. The number of fused-ring (bicyclic) bond motifs is 4. The molecule has 4 amide bonds. The molecule has 0 unspecified atom stereocenters. The molecule has 0 saturated carbocycles. The minimum atomic E-state index is -0.969. The fourth-order valence-electron chi connectivity index (χ4n) is 6.43. The van der Waals surface area contributed by atoms with E-state index in [1.165, 1.54) is 35.4 Å². The Morgan fingerprint density at radius 1 is 0.684 bits per heavy atom. The number of amides is 4. The number of benzene rings is 3. The van der Waals surface area contributed by atoms with E-state index in [0.29, 0.717) is 68.8 Å². The highest BCUT2D eigenvalue weighted by Gasteiger charge is 2.33. The Kier molecular flexibility index (Phi) is 14.5.